The van der Waals surface area contributed by atoms with Crippen LogP contribution in [0.25, 0.3) is 0 Å². The second kappa shape index (κ2) is 6.26. The zero-order chi connectivity index (χ0) is 13.7. The first-order valence-corrected chi connectivity index (χ1v) is 5.77. The third-order valence-corrected chi connectivity index (χ3v) is 2.83. The number of amides is 2. The zero-order valence-corrected chi connectivity index (χ0v) is 10.9. The summed E-state index contributed by atoms with van der Waals surface area (Å²) in [6, 6.07) is 5.78. The molecule has 0 radical (unpaired) electrons. The highest BCUT2D eigenvalue weighted by Gasteiger charge is 2.21. The smallest absolute Gasteiger partial charge is 0.326 e. The summed E-state index contributed by atoms with van der Waals surface area (Å²) < 4.78 is 0. The first-order valence-electron chi connectivity index (χ1n) is 5.39. The number of urea groups is 1. The van der Waals surface area contributed by atoms with Gasteiger partial charge in [0.1, 0.15) is 6.04 Å². The molecule has 1 rings (SSSR count). The van der Waals surface area contributed by atoms with Crippen LogP contribution in [0.4, 0.5) is 4.79 Å². The van der Waals surface area contributed by atoms with E-state index in [1.54, 1.807) is 18.2 Å². The van der Waals surface area contributed by atoms with Gasteiger partial charge in [-0.25, -0.2) is 9.59 Å². The molecule has 18 heavy (non-hydrogen) atoms. The summed E-state index contributed by atoms with van der Waals surface area (Å²) in [6.07, 6.45) is 0. The topological polar surface area (TPSA) is 69.6 Å². The molecule has 0 aliphatic carbocycles. The van der Waals surface area contributed by atoms with E-state index in [9.17, 15) is 9.59 Å². The number of nitrogens with zero attached hydrogens (tertiary/aromatic N) is 1. The van der Waals surface area contributed by atoms with Gasteiger partial charge in [0.05, 0.1) is 0 Å². The highest BCUT2D eigenvalue weighted by Crippen LogP contribution is 2.10. The monoisotopic (exact) mass is 270 g/mol. The highest BCUT2D eigenvalue weighted by atomic mass is 35.5. The predicted octanol–water partition coefficient (Wildman–Crippen LogP) is 1.95. The minimum atomic E-state index is -1.05. The van der Waals surface area contributed by atoms with Crippen LogP contribution in [0.15, 0.2) is 24.3 Å². The number of rotatable bonds is 4. The second-order valence-electron chi connectivity index (χ2n) is 3.91. The maximum atomic E-state index is 11.7. The molecular formula is C12H15ClN2O3. The summed E-state index contributed by atoms with van der Waals surface area (Å²) in [5, 5.41) is 12.0. The van der Waals surface area contributed by atoms with E-state index in [4.69, 9.17) is 16.7 Å². The van der Waals surface area contributed by atoms with Gasteiger partial charge in [0, 0.05) is 18.6 Å². The molecule has 0 aliphatic rings. The lowest BCUT2D eigenvalue weighted by Crippen LogP contribution is -2.45. The van der Waals surface area contributed by atoms with Crippen molar-refractivity contribution in [1.29, 1.82) is 0 Å². The number of carbonyl (C=O) groups is 2. The predicted molar refractivity (Wildman–Crippen MR) is 68.5 cm³/mol. The molecular weight excluding hydrogens is 256 g/mol. The zero-order valence-electron chi connectivity index (χ0n) is 10.2. The molecule has 0 heterocycles. The minimum Gasteiger partial charge on any atom is -0.480 e. The molecule has 1 aromatic rings. The summed E-state index contributed by atoms with van der Waals surface area (Å²) in [7, 11) is 1.44. The number of likely N-dealkylation sites (N-methyl/N-ethyl adjacent to an activating group) is 1. The normalized spacial score (nSPS) is 11.7. The van der Waals surface area contributed by atoms with Gasteiger partial charge in [-0.15, -0.1) is 0 Å². The molecule has 98 valence electrons. The average molecular weight is 271 g/mol. The molecule has 6 heteroatoms. The van der Waals surface area contributed by atoms with Crippen LogP contribution in [-0.4, -0.2) is 35.1 Å². The van der Waals surface area contributed by atoms with Gasteiger partial charge >= 0.3 is 12.0 Å². The third-order valence-electron chi connectivity index (χ3n) is 2.59. The Kier molecular flexibility index (Phi) is 4.97. The van der Waals surface area contributed by atoms with Crippen molar-refractivity contribution in [2.75, 3.05) is 7.05 Å². The van der Waals surface area contributed by atoms with Crippen molar-refractivity contribution in [2.45, 2.75) is 19.5 Å². The van der Waals surface area contributed by atoms with E-state index in [-0.39, 0.29) is 0 Å². The van der Waals surface area contributed by atoms with E-state index in [1.807, 2.05) is 6.07 Å². The van der Waals surface area contributed by atoms with E-state index in [2.05, 4.69) is 5.32 Å². The number of hydrogen-bond acceptors (Lipinski definition) is 2. The van der Waals surface area contributed by atoms with Crippen molar-refractivity contribution in [3.8, 4) is 0 Å². The maximum absolute atomic E-state index is 11.7. The van der Waals surface area contributed by atoms with E-state index in [0.717, 1.165) is 10.5 Å². The Morgan fingerprint density at radius 3 is 2.72 bits per heavy atom. The molecule has 0 bridgehead atoms. The summed E-state index contributed by atoms with van der Waals surface area (Å²) in [5.41, 5.74) is 0.854. The van der Waals surface area contributed by atoms with E-state index in [1.165, 1.54) is 14.0 Å². The summed E-state index contributed by atoms with van der Waals surface area (Å²) >= 11 is 5.81. The van der Waals surface area contributed by atoms with Crippen LogP contribution in [-0.2, 0) is 11.3 Å². The molecule has 0 saturated carbocycles. The van der Waals surface area contributed by atoms with Crippen LogP contribution < -0.4 is 5.32 Å². The molecule has 1 atom stereocenters. The molecule has 0 aliphatic heterocycles. The van der Waals surface area contributed by atoms with Crippen LogP contribution >= 0.6 is 11.6 Å². The number of carboxylic acids is 1. The van der Waals surface area contributed by atoms with Crippen molar-refractivity contribution >= 4 is 23.6 Å². The third kappa shape index (κ3) is 3.92. The van der Waals surface area contributed by atoms with Crippen molar-refractivity contribution in [1.82, 2.24) is 10.2 Å². The Labute approximate surface area is 110 Å². The lowest BCUT2D eigenvalue weighted by atomic mass is 10.2. The summed E-state index contributed by atoms with van der Waals surface area (Å²) in [4.78, 5) is 23.5. The lowest BCUT2D eigenvalue weighted by Gasteiger charge is -2.21. The standard InChI is InChI=1S/C12H15ClN2O3/c1-8(11(16)17)15(2)12(18)14-7-9-4-3-5-10(13)6-9/h3-6,8H,7H2,1-2H3,(H,14,18)(H,16,17). The fourth-order valence-corrected chi connectivity index (χ4v) is 1.50. The van der Waals surface area contributed by atoms with E-state index >= 15 is 0 Å². The number of carboxylic acid groups (broad SMARTS) is 1. The highest BCUT2D eigenvalue weighted by molar-refractivity contribution is 6.30. The van der Waals surface area contributed by atoms with Gasteiger partial charge in [0.2, 0.25) is 0 Å². The Morgan fingerprint density at radius 2 is 2.17 bits per heavy atom. The van der Waals surface area contributed by atoms with Crippen molar-refractivity contribution < 1.29 is 14.7 Å². The fourth-order valence-electron chi connectivity index (χ4n) is 1.29. The average Bonchev–Trinajstić information content (AvgIpc) is 2.34. The van der Waals surface area contributed by atoms with Crippen molar-refractivity contribution in [2.24, 2.45) is 0 Å². The number of benzene rings is 1. The second-order valence-corrected chi connectivity index (χ2v) is 4.35. The molecule has 1 aromatic carbocycles. The first kappa shape index (κ1) is 14.3. The molecule has 0 saturated heterocycles. The summed E-state index contributed by atoms with van der Waals surface area (Å²) in [6.45, 7) is 1.75. The Morgan fingerprint density at radius 1 is 1.50 bits per heavy atom. The first-order chi connectivity index (χ1) is 8.41. The van der Waals surface area contributed by atoms with Crippen LogP contribution in [0.2, 0.25) is 5.02 Å². The molecule has 2 N–H and O–H groups in total. The number of halogens is 1. The SMILES string of the molecule is CC(C(=O)O)N(C)C(=O)NCc1cccc(Cl)c1. The number of nitrogens with one attached hydrogen (secondary N) is 1. The number of hydrogen-bond donors (Lipinski definition) is 2. The van der Waals surface area contributed by atoms with Gasteiger partial charge in [-0.2, -0.15) is 0 Å². The Bertz CT molecular complexity index is 451. The van der Waals surface area contributed by atoms with Gasteiger partial charge in [-0.3, -0.25) is 0 Å². The van der Waals surface area contributed by atoms with Gasteiger partial charge in [-0.05, 0) is 24.6 Å². The minimum absolute atomic E-state index is 0.302. The van der Waals surface area contributed by atoms with Gasteiger partial charge in [-0.1, -0.05) is 23.7 Å². The van der Waals surface area contributed by atoms with E-state index in [0.29, 0.717) is 11.6 Å². The molecule has 0 spiro atoms. The molecule has 5 nitrogen and oxygen atoms in total. The summed E-state index contributed by atoms with van der Waals surface area (Å²) in [5.74, 6) is -1.05. The van der Waals surface area contributed by atoms with Gasteiger partial charge < -0.3 is 15.3 Å². The molecule has 0 aromatic heterocycles. The molecule has 0 fully saturated rings. The van der Waals surface area contributed by atoms with Crippen LogP contribution in [0, 0.1) is 0 Å². The Hall–Kier alpha value is -1.75. The molecule has 2 amide bonds. The maximum Gasteiger partial charge on any atom is 0.326 e. The largest absolute Gasteiger partial charge is 0.480 e. The van der Waals surface area contributed by atoms with Crippen LogP contribution in [0.5, 0.6) is 0 Å². The van der Waals surface area contributed by atoms with Gasteiger partial charge in [0.25, 0.3) is 0 Å². The lowest BCUT2D eigenvalue weighted by molar-refractivity contribution is -0.141. The quantitative estimate of drug-likeness (QED) is 0.879. The van der Waals surface area contributed by atoms with Crippen LogP contribution in [0.1, 0.15) is 12.5 Å². The number of carbonyl (C=O) groups excluding carboxylic acids is 1. The molecule has 1 unspecified atom stereocenters. The number of aliphatic carboxylic acids is 1. The van der Waals surface area contributed by atoms with E-state index < -0.39 is 18.0 Å². The van der Waals surface area contributed by atoms with Gasteiger partial charge in [0.15, 0.2) is 0 Å². The van der Waals surface area contributed by atoms with Crippen molar-refractivity contribution in [3.63, 3.8) is 0 Å². The van der Waals surface area contributed by atoms with Crippen molar-refractivity contribution in [3.05, 3.63) is 34.9 Å². The van der Waals surface area contributed by atoms with Crippen LogP contribution in [0.3, 0.4) is 0 Å². The Balaban J connectivity index is 2.53. The fraction of sp³-hybridized carbons (Fsp3) is 0.333.